The van der Waals surface area contributed by atoms with E-state index in [1.165, 1.54) is 0 Å². The van der Waals surface area contributed by atoms with E-state index in [4.69, 9.17) is 4.74 Å². The second kappa shape index (κ2) is 3.62. The molecule has 1 unspecified atom stereocenters. The van der Waals surface area contributed by atoms with Gasteiger partial charge in [0.05, 0.1) is 12.8 Å². The third-order valence-electron chi connectivity index (χ3n) is 3.48. The summed E-state index contributed by atoms with van der Waals surface area (Å²) in [7, 11) is 1.66. The Balaban J connectivity index is 2.26. The molecule has 0 radical (unpaired) electrons. The standard InChI is InChI=1S/C14H15NO2/c1-8-5-11-10-7-9(17-2)3-4-12(10)15-14(11)13(16)6-8/h3-4,7-8,15H,5-6H2,1-2H3. The van der Waals surface area contributed by atoms with Crippen LogP contribution in [-0.2, 0) is 6.42 Å². The largest absolute Gasteiger partial charge is 0.497 e. The number of ether oxygens (including phenoxy) is 1. The predicted molar refractivity (Wildman–Crippen MR) is 66.7 cm³/mol. The first-order valence-corrected chi connectivity index (χ1v) is 5.91. The predicted octanol–water partition coefficient (Wildman–Crippen LogP) is 2.94. The normalized spacial score (nSPS) is 19.4. The van der Waals surface area contributed by atoms with Gasteiger partial charge in [-0.2, -0.15) is 0 Å². The zero-order valence-electron chi connectivity index (χ0n) is 10.0. The molecule has 1 atom stereocenters. The van der Waals surface area contributed by atoms with Crippen molar-refractivity contribution in [1.29, 1.82) is 0 Å². The van der Waals surface area contributed by atoms with E-state index in [9.17, 15) is 4.79 Å². The summed E-state index contributed by atoms with van der Waals surface area (Å²) in [6, 6.07) is 5.90. The van der Waals surface area contributed by atoms with Crippen molar-refractivity contribution in [3.05, 3.63) is 29.5 Å². The minimum atomic E-state index is 0.230. The number of hydrogen-bond acceptors (Lipinski definition) is 2. The number of fused-ring (bicyclic) bond motifs is 3. The molecule has 17 heavy (non-hydrogen) atoms. The highest BCUT2D eigenvalue weighted by atomic mass is 16.5. The molecular weight excluding hydrogens is 214 g/mol. The molecule has 3 nitrogen and oxygen atoms in total. The molecule has 88 valence electrons. The topological polar surface area (TPSA) is 42.1 Å². The van der Waals surface area contributed by atoms with Crippen molar-refractivity contribution in [2.24, 2.45) is 5.92 Å². The first kappa shape index (κ1) is 10.4. The maximum atomic E-state index is 12.0. The molecule has 1 N–H and O–H groups in total. The highest BCUT2D eigenvalue weighted by Gasteiger charge is 2.26. The SMILES string of the molecule is COc1ccc2[nH]c3c(c2c1)CC(C)CC3=O. The van der Waals surface area contributed by atoms with Crippen LogP contribution < -0.4 is 4.74 Å². The minimum Gasteiger partial charge on any atom is -0.497 e. The van der Waals surface area contributed by atoms with E-state index in [2.05, 4.69) is 11.9 Å². The van der Waals surface area contributed by atoms with Gasteiger partial charge in [0.25, 0.3) is 0 Å². The number of carbonyl (C=O) groups excluding carboxylic acids is 1. The summed E-state index contributed by atoms with van der Waals surface area (Å²) in [5, 5.41) is 1.12. The number of benzene rings is 1. The number of H-pyrrole nitrogens is 1. The van der Waals surface area contributed by atoms with Crippen LogP contribution in [0, 0.1) is 5.92 Å². The van der Waals surface area contributed by atoms with E-state index >= 15 is 0 Å². The number of rotatable bonds is 1. The van der Waals surface area contributed by atoms with Gasteiger partial charge in [-0.05, 0) is 36.1 Å². The van der Waals surface area contributed by atoms with E-state index in [0.717, 1.165) is 34.3 Å². The Morgan fingerprint density at radius 1 is 1.35 bits per heavy atom. The lowest BCUT2D eigenvalue weighted by atomic mass is 9.87. The van der Waals surface area contributed by atoms with E-state index in [-0.39, 0.29) is 5.78 Å². The van der Waals surface area contributed by atoms with Gasteiger partial charge in [-0.3, -0.25) is 4.79 Å². The number of methoxy groups -OCH3 is 1. The first-order chi connectivity index (χ1) is 8.19. The van der Waals surface area contributed by atoms with Crippen molar-refractivity contribution in [2.75, 3.05) is 7.11 Å². The molecule has 1 aliphatic carbocycles. The summed E-state index contributed by atoms with van der Waals surface area (Å²) in [6.07, 6.45) is 1.62. The molecule has 0 fully saturated rings. The summed E-state index contributed by atoms with van der Waals surface area (Å²) in [6.45, 7) is 2.12. The van der Waals surface area contributed by atoms with Crippen LogP contribution in [0.1, 0.15) is 29.4 Å². The lowest BCUT2D eigenvalue weighted by molar-refractivity contribution is 0.0949. The smallest absolute Gasteiger partial charge is 0.179 e. The lowest BCUT2D eigenvalue weighted by Gasteiger charge is -2.17. The molecule has 3 heteroatoms. The van der Waals surface area contributed by atoms with Crippen molar-refractivity contribution in [3.8, 4) is 5.75 Å². The molecule has 1 aromatic heterocycles. The Kier molecular flexibility index (Phi) is 2.21. The summed E-state index contributed by atoms with van der Waals surface area (Å²) in [4.78, 5) is 15.2. The Morgan fingerprint density at radius 2 is 2.18 bits per heavy atom. The third-order valence-corrected chi connectivity index (χ3v) is 3.48. The number of Topliss-reactive ketones (excluding diaryl/α,β-unsaturated/α-hetero) is 1. The molecular formula is C14H15NO2. The summed E-state index contributed by atoms with van der Waals surface area (Å²) in [5.74, 6) is 1.50. The summed E-state index contributed by atoms with van der Waals surface area (Å²) in [5.41, 5.74) is 2.98. The second-order valence-corrected chi connectivity index (χ2v) is 4.83. The third kappa shape index (κ3) is 1.54. The van der Waals surface area contributed by atoms with Crippen LogP contribution in [0.15, 0.2) is 18.2 Å². The summed E-state index contributed by atoms with van der Waals surface area (Å²) < 4.78 is 5.24. The second-order valence-electron chi connectivity index (χ2n) is 4.83. The van der Waals surface area contributed by atoms with Gasteiger partial charge in [-0.25, -0.2) is 0 Å². The Hall–Kier alpha value is -1.77. The number of ketones is 1. The molecule has 0 aliphatic heterocycles. The molecule has 0 saturated heterocycles. The van der Waals surface area contributed by atoms with Crippen molar-refractivity contribution in [1.82, 2.24) is 4.98 Å². The van der Waals surface area contributed by atoms with Gasteiger partial charge in [0.1, 0.15) is 5.75 Å². The van der Waals surface area contributed by atoms with Crippen LogP contribution >= 0.6 is 0 Å². The fourth-order valence-electron chi connectivity index (χ4n) is 2.64. The molecule has 0 bridgehead atoms. The molecule has 0 saturated carbocycles. The Morgan fingerprint density at radius 3 is 2.94 bits per heavy atom. The van der Waals surface area contributed by atoms with E-state index in [1.54, 1.807) is 7.11 Å². The Bertz CT molecular complexity index is 598. The van der Waals surface area contributed by atoms with Crippen LogP contribution in [0.25, 0.3) is 10.9 Å². The zero-order valence-corrected chi connectivity index (χ0v) is 10.0. The molecule has 0 spiro atoms. The fourth-order valence-corrected chi connectivity index (χ4v) is 2.64. The average Bonchev–Trinajstić information content (AvgIpc) is 2.67. The highest BCUT2D eigenvalue weighted by Crippen LogP contribution is 2.33. The quantitative estimate of drug-likeness (QED) is 0.816. The molecule has 2 aromatic rings. The molecule has 3 rings (SSSR count). The van der Waals surface area contributed by atoms with Crippen LogP contribution in [0.4, 0.5) is 0 Å². The first-order valence-electron chi connectivity index (χ1n) is 5.91. The molecule has 1 aliphatic rings. The Labute approximate surface area is 99.8 Å². The van der Waals surface area contributed by atoms with Gasteiger partial charge in [0, 0.05) is 17.3 Å². The van der Waals surface area contributed by atoms with Gasteiger partial charge in [0.15, 0.2) is 5.78 Å². The zero-order chi connectivity index (χ0) is 12.0. The van der Waals surface area contributed by atoms with E-state index in [0.29, 0.717) is 12.3 Å². The summed E-state index contributed by atoms with van der Waals surface area (Å²) >= 11 is 0. The lowest BCUT2D eigenvalue weighted by Crippen LogP contribution is -2.17. The fraction of sp³-hybridized carbons (Fsp3) is 0.357. The number of aromatic amines is 1. The van der Waals surface area contributed by atoms with Crippen LogP contribution in [0.3, 0.4) is 0 Å². The van der Waals surface area contributed by atoms with E-state index < -0.39 is 0 Å². The van der Waals surface area contributed by atoms with Crippen molar-refractivity contribution in [3.63, 3.8) is 0 Å². The van der Waals surface area contributed by atoms with Gasteiger partial charge < -0.3 is 9.72 Å². The van der Waals surface area contributed by atoms with Crippen molar-refractivity contribution >= 4 is 16.7 Å². The molecule has 1 aromatic carbocycles. The van der Waals surface area contributed by atoms with Gasteiger partial charge >= 0.3 is 0 Å². The number of aromatic nitrogens is 1. The average molecular weight is 229 g/mol. The van der Waals surface area contributed by atoms with Crippen molar-refractivity contribution in [2.45, 2.75) is 19.8 Å². The van der Waals surface area contributed by atoms with Gasteiger partial charge in [-0.1, -0.05) is 6.92 Å². The monoisotopic (exact) mass is 229 g/mol. The van der Waals surface area contributed by atoms with Gasteiger partial charge in [-0.15, -0.1) is 0 Å². The van der Waals surface area contributed by atoms with Crippen LogP contribution in [0.5, 0.6) is 5.75 Å². The number of carbonyl (C=O) groups is 1. The molecule has 1 heterocycles. The van der Waals surface area contributed by atoms with Gasteiger partial charge in [0.2, 0.25) is 0 Å². The maximum Gasteiger partial charge on any atom is 0.179 e. The van der Waals surface area contributed by atoms with Crippen LogP contribution in [-0.4, -0.2) is 17.9 Å². The minimum absolute atomic E-state index is 0.230. The van der Waals surface area contributed by atoms with Crippen molar-refractivity contribution < 1.29 is 9.53 Å². The molecule has 0 amide bonds. The van der Waals surface area contributed by atoms with E-state index in [1.807, 2.05) is 18.2 Å². The number of nitrogens with one attached hydrogen (secondary N) is 1. The maximum absolute atomic E-state index is 12.0. The highest BCUT2D eigenvalue weighted by molar-refractivity contribution is 6.03. The number of hydrogen-bond donors (Lipinski definition) is 1. The van der Waals surface area contributed by atoms with Crippen LogP contribution in [0.2, 0.25) is 0 Å².